The van der Waals surface area contributed by atoms with Crippen molar-refractivity contribution in [3.05, 3.63) is 0 Å². The molecule has 2 amide bonds. The van der Waals surface area contributed by atoms with E-state index in [1.54, 1.807) is 0 Å². The van der Waals surface area contributed by atoms with Crippen LogP contribution in [0.1, 0.15) is 57.8 Å². The maximum Gasteiger partial charge on any atom is 0.315 e. The van der Waals surface area contributed by atoms with Crippen LogP contribution in [0.25, 0.3) is 0 Å². The molecule has 0 aromatic heterocycles. The van der Waals surface area contributed by atoms with E-state index in [9.17, 15) is 4.79 Å². The zero-order valence-corrected chi connectivity index (χ0v) is 10.6. The Morgan fingerprint density at radius 3 is 2.41 bits per heavy atom. The molecular weight excluding hydrogens is 214 g/mol. The van der Waals surface area contributed by atoms with Gasteiger partial charge in [-0.25, -0.2) is 4.79 Å². The Morgan fingerprint density at radius 1 is 1.12 bits per heavy atom. The van der Waals surface area contributed by atoms with Crippen molar-refractivity contribution in [2.45, 2.75) is 69.4 Å². The van der Waals surface area contributed by atoms with Crippen LogP contribution >= 0.6 is 0 Å². The van der Waals surface area contributed by atoms with E-state index in [1.807, 2.05) is 0 Å². The van der Waals surface area contributed by atoms with Crippen molar-refractivity contribution in [2.75, 3.05) is 6.54 Å². The van der Waals surface area contributed by atoms with Crippen molar-refractivity contribution in [3.63, 3.8) is 0 Å². The third-order valence-corrected chi connectivity index (χ3v) is 4.14. The van der Waals surface area contributed by atoms with Crippen LogP contribution in [0.5, 0.6) is 0 Å². The third kappa shape index (κ3) is 3.87. The molecule has 0 aromatic rings. The normalized spacial score (nSPS) is 24.5. The molecule has 0 bridgehead atoms. The fourth-order valence-corrected chi connectivity index (χ4v) is 3.00. The number of hydrogen-bond donors (Lipinski definition) is 3. The highest BCUT2D eigenvalue weighted by atomic mass is 16.2. The van der Waals surface area contributed by atoms with E-state index in [-0.39, 0.29) is 11.6 Å². The minimum Gasteiger partial charge on any atom is -0.336 e. The molecule has 0 saturated heterocycles. The largest absolute Gasteiger partial charge is 0.336 e. The second kappa shape index (κ2) is 5.71. The first kappa shape index (κ1) is 12.7. The highest BCUT2D eigenvalue weighted by Gasteiger charge is 2.29. The van der Waals surface area contributed by atoms with Gasteiger partial charge in [-0.3, -0.25) is 0 Å². The van der Waals surface area contributed by atoms with E-state index >= 15 is 0 Å². The number of nitrogens with two attached hydrogens (primary N) is 1. The molecule has 17 heavy (non-hydrogen) atoms. The van der Waals surface area contributed by atoms with Crippen LogP contribution in [0.3, 0.4) is 0 Å². The average molecular weight is 239 g/mol. The molecule has 2 aliphatic carbocycles. The van der Waals surface area contributed by atoms with Crippen molar-refractivity contribution in [1.29, 1.82) is 0 Å². The minimum absolute atomic E-state index is 0.0337. The molecule has 0 spiro atoms. The Balaban J connectivity index is 1.66. The molecule has 4 N–H and O–H groups in total. The summed E-state index contributed by atoms with van der Waals surface area (Å²) in [7, 11) is 0. The Morgan fingerprint density at radius 2 is 1.76 bits per heavy atom. The fourth-order valence-electron chi connectivity index (χ4n) is 3.00. The van der Waals surface area contributed by atoms with Crippen molar-refractivity contribution < 1.29 is 4.79 Å². The predicted molar refractivity (Wildman–Crippen MR) is 68.8 cm³/mol. The average Bonchev–Trinajstić information content (AvgIpc) is 2.76. The van der Waals surface area contributed by atoms with Crippen LogP contribution in [0.15, 0.2) is 0 Å². The summed E-state index contributed by atoms with van der Waals surface area (Å²) in [4.78, 5) is 11.7. The van der Waals surface area contributed by atoms with Crippen LogP contribution in [0, 0.1) is 0 Å². The summed E-state index contributed by atoms with van der Waals surface area (Å²) >= 11 is 0. The van der Waals surface area contributed by atoms with Crippen LogP contribution in [0.4, 0.5) is 4.79 Å². The maximum atomic E-state index is 11.7. The summed E-state index contributed by atoms with van der Waals surface area (Å²) in [6, 6.07) is 0.342. The highest BCUT2D eigenvalue weighted by molar-refractivity contribution is 5.74. The summed E-state index contributed by atoms with van der Waals surface area (Å²) in [5.41, 5.74) is 6.05. The SMILES string of the molecule is NC1(CNC(=O)NC2CCCCC2)CCCC1. The maximum absolute atomic E-state index is 11.7. The van der Waals surface area contributed by atoms with Gasteiger partial charge in [0.05, 0.1) is 0 Å². The molecule has 0 aliphatic heterocycles. The molecule has 98 valence electrons. The third-order valence-electron chi connectivity index (χ3n) is 4.14. The molecule has 4 heteroatoms. The smallest absolute Gasteiger partial charge is 0.315 e. The summed E-state index contributed by atoms with van der Waals surface area (Å²) in [5, 5.41) is 5.99. The monoisotopic (exact) mass is 239 g/mol. The van der Waals surface area contributed by atoms with Gasteiger partial charge in [0, 0.05) is 18.1 Å². The van der Waals surface area contributed by atoms with Gasteiger partial charge in [0.2, 0.25) is 0 Å². The van der Waals surface area contributed by atoms with Crippen molar-refractivity contribution in [2.24, 2.45) is 5.73 Å². The molecule has 0 atom stereocenters. The van der Waals surface area contributed by atoms with Gasteiger partial charge in [-0.1, -0.05) is 32.1 Å². The molecule has 0 aromatic carbocycles. The van der Waals surface area contributed by atoms with Crippen LogP contribution < -0.4 is 16.4 Å². The molecule has 2 fully saturated rings. The quantitative estimate of drug-likeness (QED) is 0.704. The van der Waals surface area contributed by atoms with Crippen LogP contribution in [-0.2, 0) is 0 Å². The topological polar surface area (TPSA) is 67.1 Å². The zero-order valence-electron chi connectivity index (χ0n) is 10.6. The Labute approximate surface area is 104 Å². The van der Waals surface area contributed by atoms with Crippen molar-refractivity contribution >= 4 is 6.03 Å². The van der Waals surface area contributed by atoms with Gasteiger partial charge in [-0.05, 0) is 25.7 Å². The van der Waals surface area contributed by atoms with E-state index in [0.717, 1.165) is 25.7 Å². The van der Waals surface area contributed by atoms with E-state index in [4.69, 9.17) is 5.73 Å². The lowest BCUT2D eigenvalue weighted by Gasteiger charge is -2.26. The Bertz CT molecular complexity index is 255. The van der Waals surface area contributed by atoms with E-state index in [2.05, 4.69) is 10.6 Å². The van der Waals surface area contributed by atoms with Crippen LogP contribution in [-0.4, -0.2) is 24.2 Å². The van der Waals surface area contributed by atoms with Crippen molar-refractivity contribution in [3.8, 4) is 0 Å². The Hall–Kier alpha value is -0.770. The lowest BCUT2D eigenvalue weighted by atomic mass is 9.96. The summed E-state index contributed by atoms with van der Waals surface area (Å²) in [5.74, 6) is 0. The standard InChI is InChI=1S/C13H25N3O/c14-13(8-4-5-9-13)10-15-12(17)16-11-6-2-1-3-7-11/h11H,1-10,14H2,(H2,15,16,17). The highest BCUT2D eigenvalue weighted by Crippen LogP contribution is 2.26. The molecule has 0 heterocycles. The summed E-state index contributed by atoms with van der Waals surface area (Å²) in [6.45, 7) is 0.617. The summed E-state index contributed by atoms with van der Waals surface area (Å²) in [6.07, 6.45) is 10.5. The predicted octanol–water partition coefficient (Wildman–Crippen LogP) is 1.89. The van der Waals surface area contributed by atoms with Gasteiger partial charge in [-0.15, -0.1) is 0 Å². The molecule has 2 rings (SSSR count). The van der Waals surface area contributed by atoms with Gasteiger partial charge in [0.15, 0.2) is 0 Å². The Kier molecular flexibility index (Phi) is 4.26. The van der Waals surface area contributed by atoms with Crippen molar-refractivity contribution in [1.82, 2.24) is 10.6 Å². The number of carbonyl (C=O) groups excluding carboxylic acids is 1. The second-order valence-corrected chi connectivity index (χ2v) is 5.73. The molecule has 2 saturated carbocycles. The lowest BCUT2D eigenvalue weighted by Crippen LogP contribution is -2.52. The number of rotatable bonds is 3. The van der Waals surface area contributed by atoms with Gasteiger partial charge in [0.25, 0.3) is 0 Å². The van der Waals surface area contributed by atoms with E-state index in [0.29, 0.717) is 12.6 Å². The van der Waals surface area contributed by atoms with E-state index < -0.39 is 0 Å². The fraction of sp³-hybridized carbons (Fsp3) is 0.923. The molecular formula is C13H25N3O. The van der Waals surface area contributed by atoms with Gasteiger partial charge < -0.3 is 16.4 Å². The summed E-state index contributed by atoms with van der Waals surface area (Å²) < 4.78 is 0. The molecule has 2 aliphatic rings. The van der Waals surface area contributed by atoms with Gasteiger partial charge in [0.1, 0.15) is 0 Å². The number of hydrogen-bond acceptors (Lipinski definition) is 2. The molecule has 4 nitrogen and oxygen atoms in total. The number of nitrogens with one attached hydrogen (secondary N) is 2. The molecule has 0 radical (unpaired) electrons. The minimum atomic E-state index is -0.149. The first-order valence-electron chi connectivity index (χ1n) is 7.01. The van der Waals surface area contributed by atoms with Gasteiger partial charge in [-0.2, -0.15) is 0 Å². The van der Waals surface area contributed by atoms with Crippen LogP contribution in [0.2, 0.25) is 0 Å². The molecule has 0 unspecified atom stereocenters. The second-order valence-electron chi connectivity index (χ2n) is 5.73. The lowest BCUT2D eigenvalue weighted by molar-refractivity contribution is 0.229. The van der Waals surface area contributed by atoms with Gasteiger partial charge >= 0.3 is 6.03 Å². The number of carbonyl (C=O) groups is 1. The number of urea groups is 1. The zero-order chi connectivity index (χ0) is 12.1. The first-order valence-corrected chi connectivity index (χ1v) is 7.01. The van der Waals surface area contributed by atoms with E-state index in [1.165, 1.54) is 32.1 Å². The first-order chi connectivity index (χ1) is 8.18. The number of amides is 2.